The summed E-state index contributed by atoms with van der Waals surface area (Å²) in [7, 11) is -0.722. The molecular weight excluding hydrogens is 418 g/mol. The Bertz CT molecular complexity index is 973. The van der Waals surface area contributed by atoms with E-state index >= 15 is 0 Å². The lowest BCUT2D eigenvalue weighted by atomic mass is 10.2. The van der Waals surface area contributed by atoms with Crippen LogP contribution in [-0.2, 0) is 21.4 Å². The number of sulfonamides is 1. The number of nitrogens with one attached hydrogen (secondary N) is 1. The number of nitrogens with zero attached hydrogens (tertiary/aromatic N) is 2. The van der Waals surface area contributed by atoms with Gasteiger partial charge >= 0.3 is 0 Å². The van der Waals surface area contributed by atoms with Gasteiger partial charge in [-0.15, -0.1) is 0 Å². The van der Waals surface area contributed by atoms with Crippen LogP contribution in [0.3, 0.4) is 0 Å². The van der Waals surface area contributed by atoms with Crippen molar-refractivity contribution in [2.75, 3.05) is 46.9 Å². The number of rotatable bonds is 9. The molecule has 2 aromatic rings. The minimum atomic E-state index is -3.82. The van der Waals surface area contributed by atoms with E-state index in [1.165, 1.54) is 23.5 Å². The van der Waals surface area contributed by atoms with Crippen molar-refractivity contribution in [3.05, 3.63) is 54.1 Å². The largest absolute Gasteiger partial charge is 0.497 e. The minimum Gasteiger partial charge on any atom is -0.497 e. The highest BCUT2D eigenvalue weighted by Crippen LogP contribution is 2.23. The number of hydrogen-bond donors (Lipinski definition) is 1. The molecule has 0 aliphatic carbocycles. The van der Waals surface area contributed by atoms with Crippen LogP contribution in [0, 0.1) is 0 Å². The summed E-state index contributed by atoms with van der Waals surface area (Å²) in [5.74, 6) is 1.19. The Morgan fingerprint density at radius 1 is 1.03 bits per heavy atom. The van der Waals surface area contributed by atoms with Crippen LogP contribution >= 0.6 is 0 Å². The van der Waals surface area contributed by atoms with E-state index < -0.39 is 10.0 Å². The average molecular weight is 448 g/mol. The van der Waals surface area contributed by atoms with E-state index in [1.54, 1.807) is 36.3 Å². The van der Waals surface area contributed by atoms with Gasteiger partial charge in [-0.2, -0.15) is 4.31 Å². The van der Waals surface area contributed by atoms with Crippen LogP contribution < -0.4 is 14.8 Å². The van der Waals surface area contributed by atoms with E-state index in [1.807, 2.05) is 12.1 Å². The third-order valence-electron chi connectivity index (χ3n) is 5.24. The van der Waals surface area contributed by atoms with E-state index in [4.69, 9.17) is 9.47 Å². The first-order chi connectivity index (χ1) is 14.9. The van der Waals surface area contributed by atoms with Crippen molar-refractivity contribution in [3.63, 3.8) is 0 Å². The first-order valence-corrected chi connectivity index (χ1v) is 11.6. The van der Waals surface area contributed by atoms with Gasteiger partial charge in [0, 0.05) is 45.7 Å². The van der Waals surface area contributed by atoms with Crippen molar-refractivity contribution in [1.29, 1.82) is 0 Å². The maximum atomic E-state index is 13.4. The van der Waals surface area contributed by atoms with Gasteiger partial charge in [0.05, 0.1) is 19.1 Å². The predicted molar refractivity (Wildman–Crippen MR) is 118 cm³/mol. The number of carbonyl (C=O) groups is 1. The van der Waals surface area contributed by atoms with Crippen molar-refractivity contribution in [3.8, 4) is 11.5 Å². The summed E-state index contributed by atoms with van der Waals surface area (Å²) in [5, 5.41) is 3.21. The topological polar surface area (TPSA) is 88.2 Å². The molecule has 2 aromatic carbocycles. The Morgan fingerprint density at radius 2 is 1.71 bits per heavy atom. The normalized spacial score (nSPS) is 14.5. The monoisotopic (exact) mass is 447 g/mol. The Kier molecular flexibility index (Phi) is 7.89. The second kappa shape index (κ2) is 10.6. The van der Waals surface area contributed by atoms with Crippen LogP contribution in [-0.4, -0.2) is 70.5 Å². The molecule has 0 spiro atoms. The van der Waals surface area contributed by atoms with Crippen LogP contribution in [0.1, 0.15) is 12.0 Å². The lowest BCUT2D eigenvalue weighted by Gasteiger charge is -2.29. The molecule has 1 saturated heterocycles. The van der Waals surface area contributed by atoms with Gasteiger partial charge in [-0.25, -0.2) is 8.42 Å². The van der Waals surface area contributed by atoms with Crippen molar-refractivity contribution in [1.82, 2.24) is 14.5 Å². The van der Waals surface area contributed by atoms with Gasteiger partial charge in [0.1, 0.15) is 11.5 Å². The molecule has 0 radical (unpaired) electrons. The predicted octanol–water partition coefficient (Wildman–Crippen LogP) is 1.72. The molecule has 0 saturated carbocycles. The van der Waals surface area contributed by atoms with E-state index in [-0.39, 0.29) is 30.3 Å². The van der Waals surface area contributed by atoms with E-state index in [0.29, 0.717) is 24.6 Å². The molecule has 31 heavy (non-hydrogen) atoms. The molecule has 8 nitrogen and oxygen atoms in total. The van der Waals surface area contributed by atoms with Crippen LogP contribution in [0.5, 0.6) is 11.5 Å². The Hall–Kier alpha value is -2.62. The van der Waals surface area contributed by atoms with E-state index in [0.717, 1.165) is 18.7 Å². The van der Waals surface area contributed by atoms with Crippen molar-refractivity contribution in [2.45, 2.75) is 17.9 Å². The number of hydrogen-bond acceptors (Lipinski definition) is 6. The molecule has 1 fully saturated rings. The third kappa shape index (κ3) is 5.96. The second-order valence-electron chi connectivity index (χ2n) is 7.25. The standard InChI is InChI=1S/C22H29N3O5S/c1-29-19-6-8-21(9-7-19)31(27,28)25(17-18-4-3-5-20(16-18)30-2)13-10-22(26)24-14-11-23-12-15-24/h3-9,16,23H,10-15,17H2,1-2H3. The van der Waals surface area contributed by atoms with E-state index in [9.17, 15) is 13.2 Å². The molecule has 3 rings (SSSR count). The number of amides is 1. The molecule has 0 aromatic heterocycles. The summed E-state index contributed by atoms with van der Waals surface area (Å²) in [5.41, 5.74) is 0.783. The first kappa shape index (κ1) is 23.1. The lowest BCUT2D eigenvalue weighted by molar-refractivity contribution is -0.131. The maximum Gasteiger partial charge on any atom is 0.243 e. The van der Waals surface area contributed by atoms with Gasteiger partial charge < -0.3 is 19.7 Å². The Labute approximate surface area is 183 Å². The van der Waals surface area contributed by atoms with Gasteiger partial charge in [-0.05, 0) is 42.0 Å². The molecule has 1 heterocycles. The molecular formula is C22H29N3O5S. The summed E-state index contributed by atoms with van der Waals surface area (Å²) in [6.07, 6.45) is 0.124. The van der Waals surface area contributed by atoms with Crippen LogP contribution in [0.15, 0.2) is 53.4 Å². The summed E-state index contributed by atoms with van der Waals surface area (Å²) >= 11 is 0. The molecule has 1 N–H and O–H groups in total. The summed E-state index contributed by atoms with van der Waals surface area (Å²) in [6.45, 7) is 3.02. The van der Waals surface area contributed by atoms with Gasteiger partial charge in [0.25, 0.3) is 0 Å². The van der Waals surface area contributed by atoms with Crippen molar-refractivity contribution >= 4 is 15.9 Å². The van der Waals surface area contributed by atoms with E-state index in [2.05, 4.69) is 5.32 Å². The zero-order chi connectivity index (χ0) is 22.3. The third-order valence-corrected chi connectivity index (χ3v) is 7.09. The molecule has 9 heteroatoms. The molecule has 1 aliphatic rings. The van der Waals surface area contributed by atoms with Gasteiger partial charge in [0.15, 0.2) is 0 Å². The molecule has 1 aliphatic heterocycles. The SMILES string of the molecule is COc1ccc(S(=O)(=O)N(CCC(=O)N2CCNCC2)Cc2cccc(OC)c2)cc1. The number of piperazine rings is 1. The van der Waals surface area contributed by atoms with Crippen LogP contribution in [0.2, 0.25) is 0 Å². The van der Waals surface area contributed by atoms with Gasteiger partial charge in [0.2, 0.25) is 15.9 Å². The zero-order valence-electron chi connectivity index (χ0n) is 17.9. The number of methoxy groups -OCH3 is 2. The lowest BCUT2D eigenvalue weighted by Crippen LogP contribution is -2.47. The highest BCUT2D eigenvalue weighted by atomic mass is 32.2. The summed E-state index contributed by atoms with van der Waals surface area (Å²) in [6, 6.07) is 13.5. The second-order valence-corrected chi connectivity index (χ2v) is 9.18. The number of ether oxygens (including phenoxy) is 2. The molecule has 0 atom stereocenters. The molecule has 0 unspecified atom stereocenters. The fourth-order valence-electron chi connectivity index (χ4n) is 3.45. The van der Waals surface area contributed by atoms with Crippen molar-refractivity contribution in [2.24, 2.45) is 0 Å². The summed E-state index contributed by atoms with van der Waals surface area (Å²) in [4.78, 5) is 14.6. The Balaban J connectivity index is 1.82. The van der Waals surface area contributed by atoms with Crippen LogP contribution in [0.4, 0.5) is 0 Å². The van der Waals surface area contributed by atoms with Gasteiger partial charge in [-0.1, -0.05) is 12.1 Å². The van der Waals surface area contributed by atoms with Gasteiger partial charge in [-0.3, -0.25) is 4.79 Å². The minimum absolute atomic E-state index is 0.0397. The van der Waals surface area contributed by atoms with Crippen LogP contribution in [0.25, 0.3) is 0 Å². The fraction of sp³-hybridized carbons (Fsp3) is 0.409. The first-order valence-electron chi connectivity index (χ1n) is 10.2. The maximum absolute atomic E-state index is 13.4. The highest BCUT2D eigenvalue weighted by Gasteiger charge is 2.27. The average Bonchev–Trinajstić information content (AvgIpc) is 2.82. The molecule has 168 valence electrons. The highest BCUT2D eigenvalue weighted by molar-refractivity contribution is 7.89. The Morgan fingerprint density at radius 3 is 2.35 bits per heavy atom. The summed E-state index contributed by atoms with van der Waals surface area (Å²) < 4.78 is 38.5. The van der Waals surface area contributed by atoms with Crippen molar-refractivity contribution < 1.29 is 22.7 Å². The number of carbonyl (C=O) groups excluding carboxylic acids is 1. The molecule has 0 bridgehead atoms. The fourth-order valence-corrected chi connectivity index (χ4v) is 4.88. The zero-order valence-corrected chi connectivity index (χ0v) is 18.7. The quantitative estimate of drug-likeness (QED) is 0.630. The number of benzene rings is 2. The smallest absolute Gasteiger partial charge is 0.243 e. The molecule has 1 amide bonds.